The summed E-state index contributed by atoms with van der Waals surface area (Å²) in [4.78, 5) is 0. The van der Waals surface area contributed by atoms with Crippen LogP contribution in [0.2, 0.25) is 10.0 Å². The predicted octanol–water partition coefficient (Wildman–Crippen LogP) is 6.73. The van der Waals surface area contributed by atoms with Gasteiger partial charge in [0.1, 0.15) is 0 Å². The van der Waals surface area contributed by atoms with E-state index in [1.807, 2.05) is 48.5 Å². The van der Waals surface area contributed by atoms with Crippen LogP contribution >= 0.6 is 58.2 Å². The molecule has 2 aromatic rings. The van der Waals surface area contributed by atoms with Gasteiger partial charge in [-0.1, -0.05) is 47.5 Å². The molecule has 0 radical (unpaired) electrons. The van der Waals surface area contributed by atoms with Gasteiger partial charge in [0.15, 0.2) is 0 Å². The molecule has 0 aliphatic heterocycles. The Morgan fingerprint density at radius 3 is 1.35 bits per heavy atom. The highest BCUT2D eigenvalue weighted by atomic mass is 35.5. The Balaban J connectivity index is 1.67. The summed E-state index contributed by atoms with van der Waals surface area (Å²) in [6, 6.07) is 15.7. The fourth-order valence-corrected chi connectivity index (χ4v) is 4.22. The van der Waals surface area contributed by atoms with Crippen molar-refractivity contribution in [3.63, 3.8) is 0 Å². The van der Waals surface area contributed by atoms with E-state index >= 15 is 0 Å². The van der Waals surface area contributed by atoms with Gasteiger partial charge in [0.2, 0.25) is 0 Å². The van der Waals surface area contributed by atoms with Crippen LogP contribution in [0.5, 0.6) is 0 Å². The van der Waals surface area contributed by atoms with Gasteiger partial charge < -0.3 is 0 Å². The summed E-state index contributed by atoms with van der Waals surface area (Å²) in [7, 11) is 0. The average molecular weight is 408 g/mol. The van der Waals surface area contributed by atoms with Crippen LogP contribution in [0.3, 0.4) is 0 Å². The van der Waals surface area contributed by atoms with Crippen molar-refractivity contribution < 1.29 is 0 Å². The molecule has 0 bridgehead atoms. The van der Waals surface area contributed by atoms with Gasteiger partial charge in [-0.3, -0.25) is 0 Å². The Kier molecular flexibility index (Phi) is 8.43. The maximum absolute atomic E-state index is 6.40. The Morgan fingerprint density at radius 1 is 0.652 bits per heavy atom. The number of alkyl halides is 2. The zero-order valence-electron chi connectivity index (χ0n) is 12.5. The van der Waals surface area contributed by atoms with Crippen molar-refractivity contribution in [1.29, 1.82) is 0 Å². The van der Waals surface area contributed by atoms with Gasteiger partial charge in [-0.05, 0) is 48.2 Å². The van der Waals surface area contributed by atoms with E-state index in [0.29, 0.717) is 0 Å². The van der Waals surface area contributed by atoms with Gasteiger partial charge in [0.05, 0.1) is 0 Å². The van der Waals surface area contributed by atoms with Crippen LogP contribution in [0.15, 0.2) is 48.5 Å². The summed E-state index contributed by atoms with van der Waals surface area (Å²) in [6.07, 6.45) is 1.69. The van der Waals surface area contributed by atoms with E-state index in [1.165, 1.54) is 11.1 Å². The van der Waals surface area contributed by atoms with Crippen molar-refractivity contribution in [1.82, 2.24) is 0 Å². The first-order valence-corrected chi connectivity index (χ1v) is 10.2. The van der Waals surface area contributed by atoms with Gasteiger partial charge in [0, 0.05) is 32.3 Å². The van der Waals surface area contributed by atoms with Crippen LogP contribution in [0.4, 0.5) is 0 Å². The molecule has 2 unspecified atom stereocenters. The van der Waals surface area contributed by atoms with Crippen molar-refractivity contribution in [2.24, 2.45) is 0 Å². The van der Waals surface area contributed by atoms with Crippen LogP contribution in [0.1, 0.15) is 11.1 Å². The maximum atomic E-state index is 6.40. The molecule has 0 saturated heterocycles. The first kappa shape index (κ1) is 19.3. The molecule has 0 amide bonds. The van der Waals surface area contributed by atoms with Gasteiger partial charge >= 0.3 is 0 Å². The monoisotopic (exact) mass is 406 g/mol. The highest BCUT2D eigenvalue weighted by Gasteiger charge is 2.10. The lowest BCUT2D eigenvalue weighted by Gasteiger charge is -2.12. The zero-order chi connectivity index (χ0) is 16.7. The third-order valence-corrected chi connectivity index (χ3v) is 6.10. The van der Waals surface area contributed by atoms with Crippen LogP contribution < -0.4 is 0 Å². The van der Waals surface area contributed by atoms with Gasteiger partial charge in [-0.2, -0.15) is 11.8 Å². The summed E-state index contributed by atoms with van der Waals surface area (Å²) in [5.74, 6) is 1.77. The van der Waals surface area contributed by atoms with Gasteiger partial charge in [-0.25, -0.2) is 0 Å². The fraction of sp³-hybridized carbons (Fsp3) is 0.333. The number of halogens is 4. The minimum Gasteiger partial charge on any atom is -0.159 e. The second-order valence-corrected chi connectivity index (χ2v) is 8.58. The molecule has 0 aliphatic rings. The number of hydrogen-bond donors (Lipinski definition) is 0. The van der Waals surface area contributed by atoms with E-state index in [-0.39, 0.29) is 10.8 Å². The second kappa shape index (κ2) is 10.1. The summed E-state index contributed by atoms with van der Waals surface area (Å²) in [5, 5.41) is 1.70. The molecule has 0 heterocycles. The van der Waals surface area contributed by atoms with E-state index in [9.17, 15) is 0 Å². The van der Waals surface area contributed by atoms with Crippen LogP contribution in [0, 0.1) is 0 Å². The van der Waals surface area contributed by atoms with Crippen molar-refractivity contribution in [2.45, 2.75) is 23.6 Å². The number of rotatable bonds is 8. The first-order chi connectivity index (χ1) is 11.0. The Bertz CT molecular complexity index is 529. The minimum absolute atomic E-state index is 0.0978. The molecule has 5 heteroatoms. The normalized spacial score (nSPS) is 13.7. The van der Waals surface area contributed by atoms with Crippen molar-refractivity contribution in [2.75, 3.05) is 11.5 Å². The van der Waals surface area contributed by atoms with Crippen molar-refractivity contribution in [3.05, 3.63) is 69.7 Å². The number of benzene rings is 2. The molecule has 0 nitrogen and oxygen atoms in total. The standard InChI is InChI=1S/C18H18Cl4S/c19-15-5-1-13(2-6-15)9-17(21)11-23-12-18(22)10-14-3-7-16(20)8-4-14/h1-8,17-18H,9-12H2. The zero-order valence-corrected chi connectivity index (χ0v) is 16.4. The van der Waals surface area contributed by atoms with Crippen LogP contribution in [0.25, 0.3) is 0 Å². The Hall–Kier alpha value is -0.0500. The molecular weight excluding hydrogens is 390 g/mol. The summed E-state index contributed by atoms with van der Waals surface area (Å²) in [6.45, 7) is 0. The largest absolute Gasteiger partial charge is 0.159 e. The molecule has 2 atom stereocenters. The van der Waals surface area contributed by atoms with Gasteiger partial charge in [0.25, 0.3) is 0 Å². The SMILES string of the molecule is Clc1ccc(CC(Cl)CSCC(Cl)Cc2ccc(Cl)cc2)cc1. The molecule has 0 aromatic heterocycles. The average Bonchev–Trinajstić information content (AvgIpc) is 2.52. The van der Waals surface area contributed by atoms with Crippen molar-refractivity contribution >= 4 is 58.2 Å². The summed E-state index contributed by atoms with van der Waals surface area (Å²) < 4.78 is 0. The van der Waals surface area contributed by atoms with E-state index in [1.54, 1.807) is 11.8 Å². The molecule has 0 fully saturated rings. The van der Waals surface area contributed by atoms with Crippen LogP contribution in [-0.2, 0) is 12.8 Å². The van der Waals surface area contributed by atoms with Gasteiger partial charge in [-0.15, -0.1) is 23.2 Å². The van der Waals surface area contributed by atoms with Crippen LogP contribution in [-0.4, -0.2) is 22.3 Å². The molecule has 2 aromatic carbocycles. The third kappa shape index (κ3) is 7.58. The fourth-order valence-electron chi connectivity index (χ4n) is 2.19. The number of thioether (sulfide) groups is 1. The molecule has 124 valence electrons. The Morgan fingerprint density at radius 2 is 1.00 bits per heavy atom. The third-order valence-electron chi connectivity index (χ3n) is 3.34. The first-order valence-electron chi connectivity index (χ1n) is 7.37. The molecular formula is C18H18Cl4S. The van der Waals surface area contributed by atoms with E-state index in [2.05, 4.69) is 0 Å². The highest BCUT2D eigenvalue weighted by Crippen LogP contribution is 2.20. The maximum Gasteiger partial charge on any atom is 0.0466 e. The second-order valence-electron chi connectivity index (χ2n) is 5.39. The molecule has 0 spiro atoms. The lowest BCUT2D eigenvalue weighted by atomic mass is 10.1. The summed E-state index contributed by atoms with van der Waals surface area (Å²) in [5.41, 5.74) is 2.41. The van der Waals surface area contributed by atoms with E-state index in [0.717, 1.165) is 34.4 Å². The van der Waals surface area contributed by atoms with E-state index in [4.69, 9.17) is 46.4 Å². The topological polar surface area (TPSA) is 0 Å². The number of hydrogen-bond acceptors (Lipinski definition) is 1. The quantitative estimate of drug-likeness (QED) is 0.437. The Labute approximate surface area is 162 Å². The molecule has 23 heavy (non-hydrogen) atoms. The van der Waals surface area contributed by atoms with E-state index < -0.39 is 0 Å². The van der Waals surface area contributed by atoms with Crippen molar-refractivity contribution in [3.8, 4) is 0 Å². The summed E-state index contributed by atoms with van der Waals surface area (Å²) >= 11 is 26.4. The molecule has 0 aliphatic carbocycles. The molecule has 0 N–H and O–H groups in total. The molecule has 0 saturated carbocycles. The molecule has 2 rings (SSSR count). The smallest absolute Gasteiger partial charge is 0.0466 e. The minimum atomic E-state index is 0.0978. The highest BCUT2D eigenvalue weighted by molar-refractivity contribution is 7.99. The predicted molar refractivity (Wildman–Crippen MR) is 107 cm³/mol. The lowest BCUT2D eigenvalue weighted by molar-refractivity contribution is 0.924. The lowest BCUT2D eigenvalue weighted by Crippen LogP contribution is -2.11.